The van der Waals surface area contributed by atoms with Gasteiger partial charge in [-0.25, -0.2) is 0 Å². The lowest BCUT2D eigenvalue weighted by Crippen LogP contribution is -2.46. The molecular weight excluding hydrogens is 222 g/mol. The Morgan fingerprint density at radius 1 is 1.62 bits per heavy atom. The van der Waals surface area contributed by atoms with Crippen LogP contribution >= 0.6 is 11.3 Å². The van der Waals surface area contributed by atoms with Crippen molar-refractivity contribution in [3.05, 3.63) is 16.6 Å². The molecule has 4 nitrogen and oxygen atoms in total. The minimum Gasteiger partial charge on any atom is -0.388 e. The van der Waals surface area contributed by atoms with E-state index in [0.717, 1.165) is 0 Å². The predicted molar refractivity (Wildman–Crippen MR) is 67.7 cm³/mol. The first kappa shape index (κ1) is 13.6. The van der Waals surface area contributed by atoms with Crippen molar-refractivity contribution in [1.29, 1.82) is 0 Å². The van der Waals surface area contributed by atoms with Gasteiger partial charge >= 0.3 is 0 Å². The highest BCUT2D eigenvalue weighted by atomic mass is 32.1. The van der Waals surface area contributed by atoms with Crippen LogP contribution in [0.2, 0.25) is 0 Å². The van der Waals surface area contributed by atoms with Crippen LogP contribution in [0.5, 0.6) is 0 Å². The third kappa shape index (κ3) is 4.57. The van der Waals surface area contributed by atoms with Crippen LogP contribution in [-0.4, -0.2) is 47.8 Å². The molecule has 0 radical (unpaired) electrons. The predicted octanol–water partition coefficient (Wildman–Crippen LogP) is 1.11. The first-order valence-electron chi connectivity index (χ1n) is 5.39. The molecule has 1 heterocycles. The molecule has 0 saturated heterocycles. The van der Waals surface area contributed by atoms with E-state index in [1.165, 1.54) is 4.88 Å². The number of hydrogen-bond acceptors (Lipinski definition) is 5. The first-order valence-corrected chi connectivity index (χ1v) is 6.27. The molecule has 0 bridgehead atoms. The van der Waals surface area contributed by atoms with Gasteiger partial charge in [-0.05, 0) is 27.9 Å². The second-order valence-electron chi connectivity index (χ2n) is 4.74. The number of nitrogens with one attached hydrogen (secondary N) is 1. The lowest BCUT2D eigenvalue weighted by molar-refractivity contribution is 0.0318. The van der Waals surface area contributed by atoms with Gasteiger partial charge < -0.3 is 15.3 Å². The third-order valence-corrected chi connectivity index (χ3v) is 3.28. The summed E-state index contributed by atoms with van der Waals surface area (Å²) in [5.74, 6) is 0. The van der Waals surface area contributed by atoms with E-state index < -0.39 is 5.60 Å². The Balaban J connectivity index is 2.39. The maximum atomic E-state index is 10.1. The van der Waals surface area contributed by atoms with Gasteiger partial charge in [-0.1, -0.05) is 0 Å². The Morgan fingerprint density at radius 2 is 2.31 bits per heavy atom. The molecule has 0 amide bonds. The van der Waals surface area contributed by atoms with Crippen molar-refractivity contribution in [3.63, 3.8) is 0 Å². The van der Waals surface area contributed by atoms with Crippen LogP contribution in [0.3, 0.4) is 0 Å². The SMILES string of the molecule is CC(NCC(C)(O)CN(C)C)c1cncs1. The van der Waals surface area contributed by atoms with Crippen LogP contribution in [0.15, 0.2) is 11.7 Å². The Bertz CT molecular complexity index is 298. The summed E-state index contributed by atoms with van der Waals surface area (Å²) in [6, 6.07) is 0.237. The number of rotatable bonds is 6. The molecule has 0 fully saturated rings. The van der Waals surface area contributed by atoms with Crippen molar-refractivity contribution in [3.8, 4) is 0 Å². The fourth-order valence-corrected chi connectivity index (χ4v) is 2.30. The van der Waals surface area contributed by atoms with E-state index in [-0.39, 0.29) is 6.04 Å². The normalized spacial score (nSPS) is 17.4. The highest BCUT2D eigenvalue weighted by molar-refractivity contribution is 7.09. The maximum absolute atomic E-state index is 10.1. The molecule has 0 aliphatic carbocycles. The zero-order valence-electron chi connectivity index (χ0n) is 10.4. The summed E-state index contributed by atoms with van der Waals surface area (Å²) in [6.45, 7) is 5.15. The Labute approximate surface area is 101 Å². The monoisotopic (exact) mass is 243 g/mol. The van der Waals surface area contributed by atoms with E-state index in [2.05, 4.69) is 17.2 Å². The number of likely N-dealkylation sites (N-methyl/N-ethyl adjacent to an activating group) is 1. The lowest BCUT2D eigenvalue weighted by Gasteiger charge is -2.28. The zero-order valence-corrected chi connectivity index (χ0v) is 11.2. The Kier molecular flexibility index (Phi) is 4.86. The number of thiazole rings is 1. The van der Waals surface area contributed by atoms with Crippen molar-refractivity contribution >= 4 is 11.3 Å². The fraction of sp³-hybridized carbons (Fsp3) is 0.727. The summed E-state index contributed by atoms with van der Waals surface area (Å²) in [6.07, 6.45) is 1.86. The topological polar surface area (TPSA) is 48.4 Å². The van der Waals surface area contributed by atoms with Crippen molar-refractivity contribution in [2.24, 2.45) is 0 Å². The third-order valence-electron chi connectivity index (χ3n) is 2.32. The highest BCUT2D eigenvalue weighted by Gasteiger charge is 2.22. The molecule has 2 atom stereocenters. The standard InChI is InChI=1S/C11H21N3OS/c1-9(10-5-12-8-16-10)13-6-11(2,15)7-14(3)4/h5,8-9,13,15H,6-7H2,1-4H3. The molecule has 1 aromatic rings. The van der Waals surface area contributed by atoms with Crippen LogP contribution < -0.4 is 5.32 Å². The summed E-state index contributed by atoms with van der Waals surface area (Å²) >= 11 is 1.63. The van der Waals surface area contributed by atoms with Gasteiger partial charge in [0.05, 0.1) is 11.1 Å². The molecule has 16 heavy (non-hydrogen) atoms. The molecule has 0 spiro atoms. The van der Waals surface area contributed by atoms with Gasteiger partial charge in [0.15, 0.2) is 0 Å². The minimum absolute atomic E-state index is 0.237. The van der Waals surface area contributed by atoms with Gasteiger partial charge in [-0.2, -0.15) is 0 Å². The summed E-state index contributed by atoms with van der Waals surface area (Å²) in [5.41, 5.74) is 1.12. The quantitative estimate of drug-likeness (QED) is 0.786. The summed E-state index contributed by atoms with van der Waals surface area (Å²) in [7, 11) is 3.92. The molecule has 1 aromatic heterocycles. The number of aliphatic hydroxyl groups is 1. The smallest absolute Gasteiger partial charge is 0.0869 e. The van der Waals surface area contributed by atoms with E-state index in [1.807, 2.05) is 37.6 Å². The maximum Gasteiger partial charge on any atom is 0.0869 e. The Hall–Kier alpha value is -0.490. The van der Waals surface area contributed by atoms with Crippen LogP contribution in [0, 0.1) is 0 Å². The molecular formula is C11H21N3OS. The summed E-state index contributed by atoms with van der Waals surface area (Å²) in [4.78, 5) is 7.22. The van der Waals surface area contributed by atoms with E-state index in [9.17, 15) is 5.11 Å². The van der Waals surface area contributed by atoms with Gasteiger partial charge in [-0.3, -0.25) is 4.98 Å². The average Bonchev–Trinajstić information content (AvgIpc) is 2.64. The lowest BCUT2D eigenvalue weighted by atomic mass is 10.1. The molecule has 2 N–H and O–H groups in total. The molecule has 92 valence electrons. The second-order valence-corrected chi connectivity index (χ2v) is 5.66. The van der Waals surface area contributed by atoms with Crippen molar-refractivity contribution in [1.82, 2.24) is 15.2 Å². The molecule has 0 aliphatic heterocycles. The van der Waals surface area contributed by atoms with E-state index in [1.54, 1.807) is 11.3 Å². The fourth-order valence-electron chi connectivity index (χ4n) is 1.65. The Morgan fingerprint density at radius 3 is 2.81 bits per heavy atom. The van der Waals surface area contributed by atoms with Crippen LogP contribution in [-0.2, 0) is 0 Å². The minimum atomic E-state index is -0.706. The molecule has 2 unspecified atom stereocenters. The summed E-state index contributed by atoms with van der Waals surface area (Å²) in [5, 5.41) is 13.4. The largest absolute Gasteiger partial charge is 0.388 e. The second kappa shape index (κ2) is 5.72. The molecule has 0 saturated carbocycles. The van der Waals surface area contributed by atoms with E-state index in [4.69, 9.17) is 0 Å². The van der Waals surface area contributed by atoms with Crippen molar-refractivity contribution in [2.45, 2.75) is 25.5 Å². The molecule has 1 rings (SSSR count). The van der Waals surface area contributed by atoms with Gasteiger partial charge in [0.25, 0.3) is 0 Å². The number of nitrogens with zero attached hydrogens (tertiary/aromatic N) is 2. The molecule has 0 aromatic carbocycles. The van der Waals surface area contributed by atoms with Gasteiger partial charge in [0.1, 0.15) is 0 Å². The zero-order chi connectivity index (χ0) is 12.2. The average molecular weight is 243 g/mol. The summed E-state index contributed by atoms with van der Waals surface area (Å²) < 4.78 is 0. The first-order chi connectivity index (χ1) is 7.41. The van der Waals surface area contributed by atoms with E-state index in [0.29, 0.717) is 13.1 Å². The van der Waals surface area contributed by atoms with Gasteiger partial charge in [0, 0.05) is 30.2 Å². The molecule has 0 aliphatic rings. The van der Waals surface area contributed by atoms with Crippen LogP contribution in [0.25, 0.3) is 0 Å². The van der Waals surface area contributed by atoms with Gasteiger partial charge in [-0.15, -0.1) is 11.3 Å². The van der Waals surface area contributed by atoms with Crippen molar-refractivity contribution in [2.75, 3.05) is 27.2 Å². The van der Waals surface area contributed by atoms with Crippen LogP contribution in [0.1, 0.15) is 24.8 Å². The molecule has 5 heteroatoms. The van der Waals surface area contributed by atoms with Crippen molar-refractivity contribution < 1.29 is 5.11 Å². The highest BCUT2D eigenvalue weighted by Crippen LogP contribution is 2.16. The number of hydrogen-bond donors (Lipinski definition) is 2. The van der Waals surface area contributed by atoms with Gasteiger partial charge in [0.2, 0.25) is 0 Å². The number of aromatic nitrogens is 1. The van der Waals surface area contributed by atoms with E-state index >= 15 is 0 Å². The van der Waals surface area contributed by atoms with Crippen LogP contribution in [0.4, 0.5) is 0 Å².